The van der Waals surface area contributed by atoms with Crippen molar-refractivity contribution >= 4 is 0 Å². The summed E-state index contributed by atoms with van der Waals surface area (Å²) < 4.78 is 0. The van der Waals surface area contributed by atoms with Crippen LogP contribution in [0.4, 0.5) is 0 Å². The van der Waals surface area contributed by atoms with Crippen molar-refractivity contribution in [3.05, 3.63) is 0 Å². The Kier molecular flexibility index (Phi) is 6.15. The van der Waals surface area contributed by atoms with E-state index in [0.717, 1.165) is 25.9 Å². The molecule has 14 heavy (non-hydrogen) atoms. The number of likely N-dealkylation sites (tertiary alicyclic amines) is 1. The Morgan fingerprint density at radius 1 is 1.29 bits per heavy atom. The summed E-state index contributed by atoms with van der Waals surface area (Å²) in [6.45, 7) is 7.30. The number of rotatable bonds is 7. The lowest BCUT2D eigenvalue weighted by Gasteiger charge is -2.23. The van der Waals surface area contributed by atoms with Gasteiger partial charge in [0.25, 0.3) is 0 Å². The largest absolute Gasteiger partial charge is 0.396 e. The molecule has 0 amide bonds. The molecule has 84 valence electrons. The van der Waals surface area contributed by atoms with Gasteiger partial charge in [0, 0.05) is 19.2 Å². The van der Waals surface area contributed by atoms with Crippen molar-refractivity contribution in [2.45, 2.75) is 38.6 Å². The van der Waals surface area contributed by atoms with Crippen molar-refractivity contribution < 1.29 is 5.11 Å². The second kappa shape index (κ2) is 7.21. The Labute approximate surface area is 87.5 Å². The maximum Gasteiger partial charge on any atom is 0.0431 e. The Morgan fingerprint density at radius 2 is 2.00 bits per heavy atom. The molecule has 1 rings (SSSR count). The van der Waals surface area contributed by atoms with Gasteiger partial charge < -0.3 is 10.4 Å². The van der Waals surface area contributed by atoms with E-state index in [1.165, 1.54) is 25.9 Å². The molecule has 0 radical (unpaired) electrons. The van der Waals surface area contributed by atoms with Gasteiger partial charge in [-0.15, -0.1) is 0 Å². The summed E-state index contributed by atoms with van der Waals surface area (Å²) >= 11 is 0. The van der Waals surface area contributed by atoms with Gasteiger partial charge in [-0.2, -0.15) is 0 Å². The van der Waals surface area contributed by atoms with E-state index in [9.17, 15) is 0 Å². The summed E-state index contributed by atoms with van der Waals surface area (Å²) in [7, 11) is 0. The van der Waals surface area contributed by atoms with E-state index in [4.69, 9.17) is 5.11 Å². The van der Waals surface area contributed by atoms with Crippen LogP contribution in [-0.4, -0.2) is 48.8 Å². The smallest absolute Gasteiger partial charge is 0.0431 e. The molecule has 1 aliphatic heterocycles. The lowest BCUT2D eigenvalue weighted by atomic mass is 10.2. The molecule has 0 aromatic carbocycles. The fraction of sp³-hybridized carbons (Fsp3) is 1.00. The highest BCUT2D eigenvalue weighted by molar-refractivity contribution is 4.74. The average molecular weight is 200 g/mol. The first kappa shape index (κ1) is 12.0. The molecular weight excluding hydrogens is 176 g/mol. The summed E-state index contributed by atoms with van der Waals surface area (Å²) in [6, 6.07) is 0.673. The first-order valence-corrected chi connectivity index (χ1v) is 5.90. The minimum atomic E-state index is 0.323. The molecule has 0 saturated carbocycles. The van der Waals surface area contributed by atoms with E-state index in [1.54, 1.807) is 0 Å². The number of nitrogens with zero attached hydrogens (tertiary/aromatic N) is 1. The second-order valence-electron chi connectivity index (χ2n) is 4.23. The second-order valence-corrected chi connectivity index (χ2v) is 4.23. The van der Waals surface area contributed by atoms with Crippen LogP contribution in [0.25, 0.3) is 0 Å². The third-order valence-corrected chi connectivity index (χ3v) is 2.97. The number of nitrogens with one attached hydrogen (secondary N) is 1. The van der Waals surface area contributed by atoms with Gasteiger partial charge in [0.15, 0.2) is 0 Å². The fourth-order valence-electron chi connectivity index (χ4n) is 1.98. The molecular formula is C11H24N2O. The van der Waals surface area contributed by atoms with E-state index < -0.39 is 0 Å². The zero-order valence-electron chi connectivity index (χ0n) is 9.34. The number of aliphatic hydroxyl groups is 1. The topological polar surface area (TPSA) is 35.5 Å². The van der Waals surface area contributed by atoms with Crippen LogP contribution >= 0.6 is 0 Å². The Hall–Kier alpha value is -0.120. The van der Waals surface area contributed by atoms with E-state index in [1.807, 2.05) is 0 Å². The summed E-state index contributed by atoms with van der Waals surface area (Å²) in [4.78, 5) is 2.55. The molecule has 0 aromatic rings. The first-order valence-electron chi connectivity index (χ1n) is 5.90. The zero-order chi connectivity index (χ0) is 10.2. The predicted octanol–water partition coefficient (Wildman–Crippen LogP) is 0.833. The molecule has 1 heterocycles. The van der Waals surface area contributed by atoms with Crippen LogP contribution < -0.4 is 5.32 Å². The number of hydrogen-bond acceptors (Lipinski definition) is 3. The van der Waals surface area contributed by atoms with Crippen LogP contribution in [0.5, 0.6) is 0 Å². The van der Waals surface area contributed by atoms with E-state index >= 15 is 0 Å². The predicted molar refractivity (Wildman–Crippen MR) is 59.5 cm³/mol. The minimum Gasteiger partial charge on any atom is -0.396 e. The van der Waals surface area contributed by atoms with Crippen molar-refractivity contribution in [1.29, 1.82) is 0 Å². The first-order chi connectivity index (χ1) is 6.84. The van der Waals surface area contributed by atoms with E-state index in [-0.39, 0.29) is 0 Å². The molecule has 1 fully saturated rings. The van der Waals surface area contributed by atoms with Gasteiger partial charge in [-0.1, -0.05) is 0 Å². The molecule has 3 heteroatoms. The van der Waals surface area contributed by atoms with Crippen LogP contribution in [-0.2, 0) is 0 Å². The quantitative estimate of drug-likeness (QED) is 0.598. The molecule has 2 N–H and O–H groups in total. The van der Waals surface area contributed by atoms with Crippen molar-refractivity contribution in [2.24, 2.45) is 0 Å². The van der Waals surface area contributed by atoms with Crippen LogP contribution in [0, 0.1) is 0 Å². The Balaban J connectivity index is 1.94. The molecule has 0 aromatic heterocycles. The van der Waals surface area contributed by atoms with Crippen molar-refractivity contribution in [1.82, 2.24) is 10.2 Å². The zero-order valence-corrected chi connectivity index (χ0v) is 9.34. The highest BCUT2D eigenvalue weighted by Crippen LogP contribution is 2.10. The van der Waals surface area contributed by atoms with Crippen molar-refractivity contribution in [2.75, 3.05) is 32.8 Å². The lowest BCUT2D eigenvalue weighted by Crippen LogP contribution is -2.38. The molecule has 0 spiro atoms. The maximum absolute atomic E-state index is 8.61. The Bertz CT molecular complexity index is 135. The Morgan fingerprint density at radius 3 is 2.64 bits per heavy atom. The minimum absolute atomic E-state index is 0.323. The number of aliphatic hydroxyl groups excluding tert-OH is 1. The molecule has 3 nitrogen and oxygen atoms in total. The van der Waals surface area contributed by atoms with Gasteiger partial charge in [0.05, 0.1) is 0 Å². The average Bonchev–Trinajstić information content (AvgIpc) is 2.70. The van der Waals surface area contributed by atoms with E-state index in [0.29, 0.717) is 12.6 Å². The molecule has 1 atom stereocenters. The highest BCUT2D eigenvalue weighted by Gasteiger charge is 2.16. The lowest BCUT2D eigenvalue weighted by molar-refractivity contribution is 0.249. The molecule has 1 saturated heterocycles. The summed E-state index contributed by atoms with van der Waals surface area (Å²) in [5.74, 6) is 0. The van der Waals surface area contributed by atoms with Gasteiger partial charge in [0.2, 0.25) is 0 Å². The molecule has 0 bridgehead atoms. The van der Waals surface area contributed by atoms with Crippen LogP contribution in [0.15, 0.2) is 0 Å². The standard InChI is InChI=1S/C11H24N2O/c1-11(13-7-3-4-8-13)10-12-6-2-5-9-14/h11-12,14H,2-10H2,1H3. The van der Waals surface area contributed by atoms with Gasteiger partial charge in [0.1, 0.15) is 0 Å². The molecule has 1 aliphatic rings. The summed E-state index contributed by atoms with van der Waals surface area (Å²) in [5.41, 5.74) is 0. The van der Waals surface area contributed by atoms with E-state index in [2.05, 4.69) is 17.1 Å². The third kappa shape index (κ3) is 4.40. The van der Waals surface area contributed by atoms with Crippen molar-refractivity contribution in [3.63, 3.8) is 0 Å². The highest BCUT2D eigenvalue weighted by atomic mass is 16.2. The summed E-state index contributed by atoms with van der Waals surface area (Å²) in [6.07, 6.45) is 4.75. The monoisotopic (exact) mass is 200 g/mol. The van der Waals surface area contributed by atoms with Gasteiger partial charge in [-0.05, 0) is 52.2 Å². The molecule has 1 unspecified atom stereocenters. The van der Waals surface area contributed by atoms with Gasteiger partial charge in [-0.3, -0.25) is 4.90 Å². The number of unbranched alkanes of at least 4 members (excludes halogenated alkanes) is 1. The maximum atomic E-state index is 8.61. The van der Waals surface area contributed by atoms with Gasteiger partial charge >= 0.3 is 0 Å². The normalized spacial score (nSPS) is 20.1. The van der Waals surface area contributed by atoms with Crippen LogP contribution in [0.3, 0.4) is 0 Å². The molecule has 0 aliphatic carbocycles. The SMILES string of the molecule is CC(CNCCCCO)N1CCCC1. The van der Waals surface area contributed by atoms with Crippen LogP contribution in [0.1, 0.15) is 32.6 Å². The number of hydrogen-bond donors (Lipinski definition) is 2. The summed E-state index contributed by atoms with van der Waals surface area (Å²) in [5, 5.41) is 12.1. The fourth-order valence-corrected chi connectivity index (χ4v) is 1.98. The van der Waals surface area contributed by atoms with Gasteiger partial charge in [-0.25, -0.2) is 0 Å². The van der Waals surface area contributed by atoms with Crippen molar-refractivity contribution in [3.8, 4) is 0 Å². The van der Waals surface area contributed by atoms with Crippen LogP contribution in [0.2, 0.25) is 0 Å². The third-order valence-electron chi connectivity index (χ3n) is 2.97.